The van der Waals surface area contributed by atoms with Crippen molar-refractivity contribution in [3.8, 4) is 56.8 Å². The second-order valence-electron chi connectivity index (χ2n) is 23.4. The molecule has 7 N–H and O–H groups in total. The predicted molar refractivity (Wildman–Crippen MR) is 353 cm³/mol. The van der Waals surface area contributed by atoms with Gasteiger partial charge in [-0.15, -0.1) is 0 Å². The van der Waals surface area contributed by atoms with E-state index in [9.17, 15) is 52.5 Å². The van der Waals surface area contributed by atoms with Crippen molar-refractivity contribution in [3.05, 3.63) is 205 Å². The van der Waals surface area contributed by atoms with Gasteiger partial charge in [-0.2, -0.15) is 0 Å². The van der Waals surface area contributed by atoms with Gasteiger partial charge in [-0.05, 0) is 187 Å². The lowest BCUT2D eigenvalue weighted by atomic mass is 9.91. The fraction of sp³-hybridized carbons (Fsp3) is 0.296. The summed E-state index contributed by atoms with van der Waals surface area (Å²) in [5.41, 5.74) is 10.6. The standard InChI is InChI=1S/C28H27ClFNO6.C27H26ClFN2O5.C16H16ClFN2O3/c1-28(34,11-10-23(32)17-5-9-24(25(14-17)35-2)37-19-6-7-19)26-15-18(27(33)36-3)13-22(31-26)16-4-8-21(30)20(29)12-16;1-27(34,10-9-22(32)16-4-8-23(24(13-16)35-2)36-18-5-6-18)25-14-17(26(30)33)12-21(31-25)15-3-7-20(29)19(28)11-15;1-16(22,8-19)14-7-10(15(21)23-2)6-13(20-14)9-3-4-12(18)11(17)5-9/h4-5,8-9,12-15,19,34H,6-7,10-11H2,1-3H3;3-4,7-8,11-14,18,34H,5-6,9-10H2,1-2H3,(H2,30,33);3-7,22H,8,19H2,1-2H3. The fourth-order valence-corrected chi connectivity index (χ4v) is 9.96. The van der Waals surface area contributed by atoms with E-state index in [0.717, 1.165) is 25.7 Å². The summed E-state index contributed by atoms with van der Waals surface area (Å²) in [7, 11) is 5.51. The summed E-state index contributed by atoms with van der Waals surface area (Å²) in [6, 6.07) is 30.7. The normalized spacial score (nSPS) is 14.3. The number of benzene rings is 5. The summed E-state index contributed by atoms with van der Waals surface area (Å²) in [6.45, 7) is 4.41. The number of rotatable bonds is 24. The Morgan fingerprint density at radius 3 is 1.10 bits per heavy atom. The van der Waals surface area contributed by atoms with Gasteiger partial charge >= 0.3 is 11.9 Å². The molecule has 3 unspecified atom stereocenters. The number of methoxy groups -OCH3 is 4. The fourth-order valence-electron chi connectivity index (χ4n) is 9.41. The van der Waals surface area contributed by atoms with Crippen LogP contribution in [0.5, 0.6) is 23.0 Å². The van der Waals surface area contributed by atoms with Gasteiger partial charge in [-0.25, -0.2) is 37.7 Å². The largest absolute Gasteiger partial charge is 0.493 e. The summed E-state index contributed by atoms with van der Waals surface area (Å²) >= 11 is 17.6. The first kappa shape index (κ1) is 72.8. The Labute approximate surface area is 566 Å². The van der Waals surface area contributed by atoms with Crippen LogP contribution in [0.15, 0.2) is 127 Å². The van der Waals surface area contributed by atoms with E-state index in [1.807, 2.05) is 0 Å². The molecule has 2 aliphatic rings. The number of amides is 1. The number of aliphatic hydroxyl groups is 3. The van der Waals surface area contributed by atoms with Crippen LogP contribution < -0.4 is 30.4 Å². The van der Waals surface area contributed by atoms with Crippen LogP contribution in [-0.4, -0.2) is 107 Å². The van der Waals surface area contributed by atoms with Crippen molar-refractivity contribution in [2.75, 3.05) is 35.0 Å². The first-order valence-corrected chi connectivity index (χ1v) is 31.1. The van der Waals surface area contributed by atoms with Crippen molar-refractivity contribution in [1.29, 1.82) is 0 Å². The molecule has 2 fully saturated rings. The highest BCUT2D eigenvalue weighted by Crippen LogP contribution is 2.39. The number of nitrogens with two attached hydrogens (primary N) is 2. The number of carbonyl (C=O) groups excluding carboxylic acids is 5. The van der Waals surface area contributed by atoms with E-state index in [-0.39, 0.29) is 111 Å². The molecule has 3 atom stereocenters. The zero-order chi connectivity index (χ0) is 70.0. The third kappa shape index (κ3) is 18.7. The Kier molecular flexibility index (Phi) is 23.7. The Morgan fingerprint density at radius 1 is 0.469 bits per heavy atom. The highest BCUT2D eigenvalue weighted by Gasteiger charge is 2.32. The molecular weight excluding hydrogens is 1310 g/mol. The van der Waals surface area contributed by atoms with Crippen LogP contribution in [0, 0.1) is 17.5 Å². The molecule has 2 saturated carbocycles. The number of nitrogens with zero attached hydrogens (tertiary/aromatic N) is 3. The Bertz CT molecular complexity index is 4240. The number of Topliss-reactive ketones (excluding diaryl/α,β-unsaturated/α-hetero) is 2. The lowest BCUT2D eigenvalue weighted by Crippen LogP contribution is -2.32. The van der Waals surface area contributed by atoms with Gasteiger partial charge in [-0.3, -0.25) is 14.4 Å². The van der Waals surface area contributed by atoms with Gasteiger partial charge in [0, 0.05) is 52.8 Å². The van der Waals surface area contributed by atoms with E-state index >= 15 is 0 Å². The molecule has 504 valence electrons. The minimum absolute atomic E-state index is 0.000818. The molecule has 8 aromatic rings. The number of carbonyl (C=O) groups is 5. The molecular formula is C71H69Cl3F3N5O14. The van der Waals surface area contributed by atoms with Crippen LogP contribution in [-0.2, 0) is 26.3 Å². The predicted octanol–water partition coefficient (Wildman–Crippen LogP) is 13.3. The number of ketones is 2. The molecule has 0 saturated heterocycles. The number of pyridine rings is 3. The van der Waals surface area contributed by atoms with Crippen LogP contribution in [0.25, 0.3) is 33.8 Å². The van der Waals surface area contributed by atoms with Gasteiger partial charge in [0.15, 0.2) is 34.6 Å². The van der Waals surface area contributed by atoms with Crippen LogP contribution in [0.3, 0.4) is 0 Å². The van der Waals surface area contributed by atoms with Crippen LogP contribution in [0.2, 0.25) is 15.1 Å². The smallest absolute Gasteiger partial charge is 0.337 e. The lowest BCUT2D eigenvalue weighted by Gasteiger charge is -2.24. The second kappa shape index (κ2) is 31.3. The van der Waals surface area contributed by atoms with E-state index in [0.29, 0.717) is 62.2 Å². The van der Waals surface area contributed by atoms with Gasteiger partial charge < -0.3 is 55.2 Å². The molecule has 0 bridgehead atoms. The van der Waals surface area contributed by atoms with E-state index in [1.165, 1.54) is 140 Å². The zero-order valence-electron chi connectivity index (χ0n) is 53.2. The summed E-state index contributed by atoms with van der Waals surface area (Å²) in [6.07, 6.45) is 4.42. The average molecular weight is 1380 g/mol. The summed E-state index contributed by atoms with van der Waals surface area (Å²) < 4.78 is 72.5. The van der Waals surface area contributed by atoms with Crippen molar-refractivity contribution in [2.45, 2.75) is 101 Å². The number of hydrogen-bond acceptors (Lipinski definition) is 18. The Morgan fingerprint density at radius 2 is 0.802 bits per heavy atom. The summed E-state index contributed by atoms with van der Waals surface area (Å²) in [5, 5.41) is 32.5. The molecule has 3 heterocycles. The maximum atomic E-state index is 13.7. The summed E-state index contributed by atoms with van der Waals surface area (Å²) in [5.74, 6) is -1.98. The van der Waals surface area contributed by atoms with E-state index in [2.05, 4.69) is 15.0 Å². The van der Waals surface area contributed by atoms with Crippen LogP contribution in [0.1, 0.15) is 141 Å². The Hall–Kier alpha value is -9.00. The van der Waals surface area contributed by atoms with Crippen molar-refractivity contribution in [2.24, 2.45) is 11.5 Å². The molecule has 0 spiro atoms. The van der Waals surface area contributed by atoms with Crippen molar-refractivity contribution in [3.63, 3.8) is 0 Å². The molecule has 96 heavy (non-hydrogen) atoms. The van der Waals surface area contributed by atoms with Gasteiger partial charge in [0.2, 0.25) is 5.91 Å². The molecule has 1 amide bonds. The van der Waals surface area contributed by atoms with Crippen LogP contribution >= 0.6 is 34.8 Å². The number of ether oxygens (including phenoxy) is 6. The maximum absolute atomic E-state index is 13.7. The third-order valence-corrected chi connectivity index (χ3v) is 16.5. The van der Waals surface area contributed by atoms with E-state index in [4.69, 9.17) is 74.7 Å². The monoisotopic (exact) mass is 1380 g/mol. The molecule has 2 aliphatic carbocycles. The average Bonchev–Trinajstić information content (AvgIpc) is 1.30. The van der Waals surface area contributed by atoms with Crippen LogP contribution in [0.4, 0.5) is 13.2 Å². The number of primary amides is 1. The van der Waals surface area contributed by atoms with Crippen molar-refractivity contribution in [1.82, 2.24) is 15.0 Å². The number of esters is 2. The molecule has 3 aromatic heterocycles. The lowest BCUT2D eigenvalue weighted by molar-refractivity contribution is 0.0394. The van der Waals surface area contributed by atoms with E-state index < -0.39 is 52.1 Å². The van der Waals surface area contributed by atoms with Gasteiger partial charge in [0.05, 0.1) is 101 Å². The van der Waals surface area contributed by atoms with Gasteiger partial charge in [0.1, 0.15) is 34.3 Å². The van der Waals surface area contributed by atoms with Gasteiger partial charge in [0.25, 0.3) is 0 Å². The van der Waals surface area contributed by atoms with E-state index in [1.54, 1.807) is 36.4 Å². The Balaban J connectivity index is 0.000000190. The molecule has 0 aliphatic heterocycles. The molecule has 25 heteroatoms. The minimum atomic E-state index is -1.57. The number of halogens is 6. The first-order chi connectivity index (χ1) is 45.5. The topological polar surface area (TPSA) is 292 Å². The first-order valence-electron chi connectivity index (χ1n) is 30.0. The second-order valence-corrected chi connectivity index (χ2v) is 24.6. The third-order valence-electron chi connectivity index (χ3n) is 15.6. The molecule has 19 nitrogen and oxygen atoms in total. The van der Waals surface area contributed by atoms with Gasteiger partial charge in [-0.1, -0.05) is 34.8 Å². The quantitative estimate of drug-likeness (QED) is 0.0277. The number of hydrogen-bond donors (Lipinski definition) is 5. The summed E-state index contributed by atoms with van der Waals surface area (Å²) in [4.78, 5) is 75.3. The van der Waals surface area contributed by atoms with Crippen molar-refractivity contribution < 1.29 is 80.9 Å². The number of aromatic nitrogens is 3. The molecule has 0 radical (unpaired) electrons. The molecule has 5 aromatic carbocycles. The minimum Gasteiger partial charge on any atom is -0.493 e. The highest BCUT2D eigenvalue weighted by atomic mass is 35.5. The highest BCUT2D eigenvalue weighted by molar-refractivity contribution is 6.31. The SMILES string of the molecule is COC(=O)c1cc(-c2ccc(F)c(Cl)c2)nc(C(C)(O)CCC(=O)c2ccc(OC3CC3)c(OC)c2)c1.COC(=O)c1cc(-c2ccc(F)c(Cl)c2)nc(C(C)(O)CN)c1.COc1cc(C(=O)CCC(C)(O)c2cc(C(N)=O)cc(-c3ccc(F)c(Cl)c3)n2)ccc1OC1CC1. The maximum Gasteiger partial charge on any atom is 0.337 e. The molecule has 10 rings (SSSR count). The van der Waals surface area contributed by atoms with Crippen molar-refractivity contribution >= 4 is 64.2 Å². The zero-order valence-corrected chi connectivity index (χ0v) is 55.5.